The zero-order valence-electron chi connectivity index (χ0n) is 7.73. The fourth-order valence-corrected chi connectivity index (χ4v) is 1.17. The summed E-state index contributed by atoms with van der Waals surface area (Å²) in [6.45, 7) is 0.0111. The highest BCUT2D eigenvalue weighted by Gasteiger charge is 2.02. The lowest BCUT2D eigenvalue weighted by molar-refractivity contribution is 0.265. The Hall–Kier alpha value is -1.06. The minimum Gasteiger partial charge on any atom is -0.497 e. The molecule has 0 bridgehead atoms. The standard InChI is InChI=1S/C10H15NO2/c1-13-10-4-2-3-8(6-10)5-9(11)7-12/h2-4,6,9,12H,5,7,11H2,1H3/t9-/m0/s1. The Morgan fingerprint density at radius 2 is 2.31 bits per heavy atom. The van der Waals surface area contributed by atoms with E-state index in [1.54, 1.807) is 7.11 Å². The predicted octanol–water partition coefficient (Wildman–Crippen LogP) is 0.557. The molecule has 1 atom stereocenters. The SMILES string of the molecule is COc1cccc(C[C@H](N)CO)c1. The summed E-state index contributed by atoms with van der Waals surface area (Å²) in [7, 11) is 1.63. The van der Waals surface area contributed by atoms with Crippen LogP contribution in [0.2, 0.25) is 0 Å². The van der Waals surface area contributed by atoms with Gasteiger partial charge >= 0.3 is 0 Å². The fraction of sp³-hybridized carbons (Fsp3) is 0.400. The average Bonchev–Trinajstić information content (AvgIpc) is 2.18. The van der Waals surface area contributed by atoms with E-state index in [0.717, 1.165) is 11.3 Å². The van der Waals surface area contributed by atoms with E-state index >= 15 is 0 Å². The van der Waals surface area contributed by atoms with Gasteiger partial charge in [0.1, 0.15) is 5.75 Å². The first-order valence-corrected chi connectivity index (χ1v) is 4.25. The number of rotatable bonds is 4. The quantitative estimate of drug-likeness (QED) is 0.713. The molecule has 0 aliphatic heterocycles. The summed E-state index contributed by atoms with van der Waals surface area (Å²) in [5, 5.41) is 8.77. The molecule has 0 saturated carbocycles. The van der Waals surface area contributed by atoms with Gasteiger partial charge in [-0.3, -0.25) is 0 Å². The number of methoxy groups -OCH3 is 1. The third-order valence-electron chi connectivity index (χ3n) is 1.87. The first-order chi connectivity index (χ1) is 6.26. The van der Waals surface area contributed by atoms with Crippen molar-refractivity contribution in [1.82, 2.24) is 0 Å². The zero-order valence-corrected chi connectivity index (χ0v) is 7.73. The van der Waals surface area contributed by atoms with Crippen molar-refractivity contribution in [3.05, 3.63) is 29.8 Å². The first-order valence-electron chi connectivity index (χ1n) is 4.25. The van der Waals surface area contributed by atoms with Crippen LogP contribution in [-0.4, -0.2) is 24.9 Å². The molecule has 0 fully saturated rings. The fourth-order valence-electron chi connectivity index (χ4n) is 1.17. The summed E-state index contributed by atoms with van der Waals surface area (Å²) < 4.78 is 5.07. The zero-order chi connectivity index (χ0) is 9.68. The molecular weight excluding hydrogens is 166 g/mol. The average molecular weight is 181 g/mol. The van der Waals surface area contributed by atoms with E-state index in [1.165, 1.54) is 0 Å². The molecule has 72 valence electrons. The van der Waals surface area contributed by atoms with E-state index in [9.17, 15) is 0 Å². The van der Waals surface area contributed by atoms with Gasteiger partial charge in [0.05, 0.1) is 13.7 Å². The Labute approximate surface area is 78.1 Å². The number of ether oxygens (including phenoxy) is 1. The monoisotopic (exact) mass is 181 g/mol. The third kappa shape index (κ3) is 3.05. The minimum absolute atomic E-state index is 0.0111. The largest absolute Gasteiger partial charge is 0.497 e. The van der Waals surface area contributed by atoms with E-state index in [-0.39, 0.29) is 12.6 Å². The molecule has 3 N–H and O–H groups in total. The number of aliphatic hydroxyl groups is 1. The molecule has 13 heavy (non-hydrogen) atoms. The van der Waals surface area contributed by atoms with Gasteiger partial charge in [-0.05, 0) is 24.1 Å². The van der Waals surface area contributed by atoms with E-state index < -0.39 is 0 Å². The molecule has 0 saturated heterocycles. The van der Waals surface area contributed by atoms with Crippen LogP contribution >= 0.6 is 0 Å². The van der Waals surface area contributed by atoms with Crippen molar-refractivity contribution >= 4 is 0 Å². The van der Waals surface area contributed by atoms with Crippen LogP contribution in [0, 0.1) is 0 Å². The van der Waals surface area contributed by atoms with E-state index in [0.29, 0.717) is 6.42 Å². The van der Waals surface area contributed by atoms with Crippen LogP contribution in [0.4, 0.5) is 0 Å². The molecule has 0 aliphatic carbocycles. The van der Waals surface area contributed by atoms with Gasteiger partial charge in [-0.15, -0.1) is 0 Å². The number of hydrogen-bond donors (Lipinski definition) is 2. The number of hydrogen-bond acceptors (Lipinski definition) is 3. The van der Waals surface area contributed by atoms with Crippen LogP contribution in [0.3, 0.4) is 0 Å². The molecule has 0 aliphatic rings. The van der Waals surface area contributed by atoms with Crippen LogP contribution in [-0.2, 0) is 6.42 Å². The molecule has 0 aromatic heterocycles. The van der Waals surface area contributed by atoms with Crippen molar-refractivity contribution in [3.63, 3.8) is 0 Å². The molecule has 0 heterocycles. The molecular formula is C10H15NO2. The molecule has 1 rings (SSSR count). The van der Waals surface area contributed by atoms with Crippen molar-refractivity contribution in [2.75, 3.05) is 13.7 Å². The summed E-state index contributed by atoms with van der Waals surface area (Å²) >= 11 is 0. The van der Waals surface area contributed by atoms with Crippen molar-refractivity contribution in [1.29, 1.82) is 0 Å². The highest BCUT2D eigenvalue weighted by atomic mass is 16.5. The van der Waals surface area contributed by atoms with Crippen LogP contribution < -0.4 is 10.5 Å². The first kappa shape index (κ1) is 10.0. The number of nitrogens with two attached hydrogens (primary N) is 1. The van der Waals surface area contributed by atoms with Crippen LogP contribution in [0.25, 0.3) is 0 Å². The second-order valence-corrected chi connectivity index (χ2v) is 3.00. The van der Waals surface area contributed by atoms with Gasteiger partial charge in [0.15, 0.2) is 0 Å². The lowest BCUT2D eigenvalue weighted by Crippen LogP contribution is -2.26. The Bertz CT molecular complexity index is 263. The third-order valence-corrected chi connectivity index (χ3v) is 1.87. The number of aliphatic hydroxyl groups excluding tert-OH is 1. The molecule has 3 heteroatoms. The van der Waals surface area contributed by atoms with Crippen molar-refractivity contribution in [3.8, 4) is 5.75 Å². The molecule has 3 nitrogen and oxygen atoms in total. The summed E-state index contributed by atoms with van der Waals surface area (Å²) in [6.07, 6.45) is 0.674. The summed E-state index contributed by atoms with van der Waals surface area (Å²) in [4.78, 5) is 0. The topological polar surface area (TPSA) is 55.5 Å². The Morgan fingerprint density at radius 3 is 2.92 bits per heavy atom. The molecule has 0 amide bonds. The van der Waals surface area contributed by atoms with E-state index in [2.05, 4.69) is 0 Å². The minimum atomic E-state index is -0.188. The Kier molecular flexibility index (Phi) is 3.73. The second kappa shape index (κ2) is 4.84. The summed E-state index contributed by atoms with van der Waals surface area (Å²) in [5.41, 5.74) is 6.69. The van der Waals surface area contributed by atoms with Crippen molar-refractivity contribution in [2.24, 2.45) is 5.73 Å². The van der Waals surface area contributed by atoms with Gasteiger partial charge in [-0.1, -0.05) is 12.1 Å². The van der Waals surface area contributed by atoms with Gasteiger partial charge < -0.3 is 15.6 Å². The predicted molar refractivity (Wildman–Crippen MR) is 51.8 cm³/mol. The molecule has 0 unspecified atom stereocenters. The Balaban J connectivity index is 2.66. The van der Waals surface area contributed by atoms with Gasteiger partial charge in [0.2, 0.25) is 0 Å². The lowest BCUT2D eigenvalue weighted by atomic mass is 10.1. The normalized spacial score (nSPS) is 12.5. The Morgan fingerprint density at radius 1 is 1.54 bits per heavy atom. The van der Waals surface area contributed by atoms with Crippen LogP contribution in [0.15, 0.2) is 24.3 Å². The van der Waals surface area contributed by atoms with E-state index in [1.807, 2.05) is 24.3 Å². The molecule has 0 spiro atoms. The summed E-state index contributed by atoms with van der Waals surface area (Å²) in [6, 6.07) is 7.51. The molecule has 1 aromatic rings. The maximum atomic E-state index is 8.77. The van der Waals surface area contributed by atoms with Crippen LogP contribution in [0.5, 0.6) is 5.75 Å². The van der Waals surface area contributed by atoms with Crippen molar-refractivity contribution < 1.29 is 9.84 Å². The smallest absolute Gasteiger partial charge is 0.119 e. The van der Waals surface area contributed by atoms with Gasteiger partial charge in [-0.25, -0.2) is 0 Å². The molecule has 1 aromatic carbocycles. The number of benzene rings is 1. The molecule has 0 radical (unpaired) electrons. The maximum Gasteiger partial charge on any atom is 0.119 e. The summed E-state index contributed by atoms with van der Waals surface area (Å²) in [5.74, 6) is 0.822. The maximum absolute atomic E-state index is 8.77. The highest BCUT2D eigenvalue weighted by molar-refractivity contribution is 5.28. The van der Waals surface area contributed by atoms with Gasteiger partial charge in [0.25, 0.3) is 0 Å². The van der Waals surface area contributed by atoms with Gasteiger partial charge in [-0.2, -0.15) is 0 Å². The van der Waals surface area contributed by atoms with E-state index in [4.69, 9.17) is 15.6 Å². The van der Waals surface area contributed by atoms with Crippen molar-refractivity contribution in [2.45, 2.75) is 12.5 Å². The van der Waals surface area contributed by atoms with Crippen LogP contribution in [0.1, 0.15) is 5.56 Å². The second-order valence-electron chi connectivity index (χ2n) is 3.00. The van der Waals surface area contributed by atoms with Gasteiger partial charge in [0, 0.05) is 6.04 Å². The highest BCUT2D eigenvalue weighted by Crippen LogP contribution is 2.13. The lowest BCUT2D eigenvalue weighted by Gasteiger charge is -2.08.